The first-order chi connectivity index (χ1) is 20.3. The smallest absolute Gasteiger partial charge is 0.264 e. The fourth-order valence-electron chi connectivity index (χ4n) is 8.61. The monoisotopic (exact) mass is 567 g/mol. The Morgan fingerprint density at radius 3 is 2.45 bits per heavy atom. The molecule has 4 amide bonds. The summed E-state index contributed by atoms with van der Waals surface area (Å²) in [6, 6.07) is 12.2. The van der Waals surface area contributed by atoms with Crippen LogP contribution < -0.4 is 10.6 Å². The molecule has 2 N–H and O–H groups in total. The zero-order valence-electron chi connectivity index (χ0n) is 23.3. The lowest BCUT2D eigenvalue weighted by molar-refractivity contribution is -0.168. The first kappa shape index (κ1) is 25.7. The summed E-state index contributed by atoms with van der Waals surface area (Å²) in [6.45, 7) is 0.918. The molecular weight excluding hydrogens is 534 g/mol. The van der Waals surface area contributed by atoms with Crippen LogP contribution in [0.25, 0.3) is 11.0 Å². The van der Waals surface area contributed by atoms with Gasteiger partial charge in [0.2, 0.25) is 11.8 Å². The van der Waals surface area contributed by atoms with Crippen LogP contribution in [-0.2, 0) is 27.5 Å². The zero-order chi connectivity index (χ0) is 28.6. The van der Waals surface area contributed by atoms with Crippen molar-refractivity contribution in [2.24, 2.45) is 17.8 Å². The van der Waals surface area contributed by atoms with Gasteiger partial charge in [-0.3, -0.25) is 29.4 Å². The number of anilines is 1. The molecule has 0 radical (unpaired) electrons. The number of piperidine rings is 1. The van der Waals surface area contributed by atoms with Gasteiger partial charge in [0.15, 0.2) is 0 Å². The second-order valence-electron chi connectivity index (χ2n) is 13.0. The molecule has 2 aromatic carbocycles. The molecule has 216 valence electrons. The maximum Gasteiger partial charge on any atom is 0.264 e. The molecule has 4 saturated carbocycles. The minimum Gasteiger partial charge on any atom is -0.459 e. The van der Waals surface area contributed by atoms with Crippen LogP contribution in [0.15, 0.2) is 46.9 Å². The van der Waals surface area contributed by atoms with Gasteiger partial charge in [0.1, 0.15) is 17.4 Å². The van der Waals surface area contributed by atoms with Gasteiger partial charge in [-0.15, -0.1) is 0 Å². The number of benzene rings is 2. The number of carbonyl (C=O) groups is 4. The highest BCUT2D eigenvalue weighted by Crippen LogP contribution is 2.57. The highest BCUT2D eigenvalue weighted by molar-refractivity contribution is 6.25. The van der Waals surface area contributed by atoms with Crippen molar-refractivity contribution in [2.75, 3.05) is 5.32 Å². The maximum absolute atomic E-state index is 13.4. The molecule has 4 aliphatic carbocycles. The number of nitrogens with one attached hydrogen (secondary N) is 2. The van der Waals surface area contributed by atoms with Gasteiger partial charge in [0, 0.05) is 17.5 Å². The largest absolute Gasteiger partial charge is 0.459 e. The van der Waals surface area contributed by atoms with Crippen molar-refractivity contribution < 1.29 is 28.3 Å². The molecule has 3 heterocycles. The third-order valence-electron chi connectivity index (χ3n) is 10.1. The van der Waals surface area contributed by atoms with E-state index in [4.69, 9.17) is 9.15 Å². The number of rotatable bonds is 7. The molecule has 3 aromatic rings. The zero-order valence-corrected chi connectivity index (χ0v) is 23.3. The number of furan rings is 1. The van der Waals surface area contributed by atoms with E-state index in [9.17, 15) is 19.2 Å². The molecule has 42 heavy (non-hydrogen) atoms. The van der Waals surface area contributed by atoms with E-state index in [0.29, 0.717) is 24.6 Å². The van der Waals surface area contributed by atoms with Crippen molar-refractivity contribution in [1.82, 2.24) is 10.2 Å². The minimum atomic E-state index is -1.00. The standard InChI is InChI=1S/C33H33N3O6/c37-28-7-5-26(30(38)35-28)36-31(39)24-2-1-3-25(29(24)32(36)40)34-16-23-12-22-11-18(4-6-27(22)42-23)17-41-33-13-19-8-20(14-33)10-21(9-19)15-33/h1-4,6,11-12,19-21,26,34H,5,7-10,13-17H2,(H,35,37,38). The van der Waals surface area contributed by atoms with E-state index < -0.39 is 29.7 Å². The van der Waals surface area contributed by atoms with E-state index in [1.54, 1.807) is 18.2 Å². The number of imide groups is 2. The number of ether oxygens (including phenoxy) is 1. The summed E-state index contributed by atoms with van der Waals surface area (Å²) >= 11 is 0. The average Bonchev–Trinajstić information content (AvgIpc) is 3.48. The number of carbonyl (C=O) groups excluding carboxylic acids is 4. The average molecular weight is 568 g/mol. The van der Waals surface area contributed by atoms with E-state index in [-0.39, 0.29) is 29.6 Å². The molecule has 9 heteroatoms. The molecule has 5 fully saturated rings. The SMILES string of the molecule is O=C1CCC(N2C(=O)c3cccc(NCc4cc5cc(COC67CC8CC(CC(C8)C6)C7)ccc5o4)c3C2=O)C(=O)N1. The molecular formula is C33H33N3O6. The van der Waals surface area contributed by atoms with Gasteiger partial charge in [-0.2, -0.15) is 0 Å². The van der Waals surface area contributed by atoms with Crippen molar-refractivity contribution in [1.29, 1.82) is 0 Å². The second kappa shape index (κ2) is 9.52. The quantitative estimate of drug-likeness (QED) is 0.389. The first-order valence-corrected chi connectivity index (χ1v) is 15.1. The Hall–Kier alpha value is -3.98. The van der Waals surface area contributed by atoms with Crippen LogP contribution in [0.1, 0.15) is 83.4 Å². The molecule has 9 rings (SSSR count). The van der Waals surface area contributed by atoms with Gasteiger partial charge in [0.25, 0.3) is 11.8 Å². The highest BCUT2D eigenvalue weighted by atomic mass is 16.5. The maximum atomic E-state index is 13.4. The number of hydrogen-bond donors (Lipinski definition) is 2. The van der Waals surface area contributed by atoms with Crippen LogP contribution in [0.5, 0.6) is 0 Å². The predicted octanol–water partition coefficient (Wildman–Crippen LogP) is 4.93. The fourth-order valence-corrected chi connectivity index (χ4v) is 8.61. The summed E-state index contributed by atoms with van der Waals surface area (Å²) in [7, 11) is 0. The Bertz CT molecular complexity index is 1620. The number of fused-ring (bicyclic) bond motifs is 2. The molecule has 1 unspecified atom stereocenters. The number of nitrogens with zero attached hydrogens (tertiary/aromatic N) is 1. The summed E-state index contributed by atoms with van der Waals surface area (Å²) in [6.07, 6.45) is 8.03. The minimum absolute atomic E-state index is 0.0672. The van der Waals surface area contributed by atoms with E-state index in [1.165, 1.54) is 38.5 Å². The fraction of sp³-hybridized carbons (Fsp3) is 0.455. The van der Waals surface area contributed by atoms with E-state index >= 15 is 0 Å². The molecule has 9 nitrogen and oxygen atoms in total. The van der Waals surface area contributed by atoms with Crippen LogP contribution in [0.3, 0.4) is 0 Å². The van der Waals surface area contributed by atoms with Crippen LogP contribution in [0.4, 0.5) is 5.69 Å². The van der Waals surface area contributed by atoms with Crippen molar-refractivity contribution in [3.63, 3.8) is 0 Å². The third kappa shape index (κ3) is 4.24. The normalized spacial score (nSPS) is 29.9. The molecule has 1 atom stereocenters. The summed E-state index contributed by atoms with van der Waals surface area (Å²) in [5, 5.41) is 6.48. The highest BCUT2D eigenvalue weighted by Gasteiger charge is 2.51. The first-order valence-electron chi connectivity index (χ1n) is 15.1. The molecule has 1 saturated heterocycles. The van der Waals surface area contributed by atoms with Gasteiger partial charge < -0.3 is 14.5 Å². The molecule has 6 aliphatic rings. The molecule has 0 spiro atoms. The Balaban J connectivity index is 0.959. The lowest BCUT2D eigenvalue weighted by atomic mass is 9.54. The molecule has 1 aromatic heterocycles. The van der Waals surface area contributed by atoms with Crippen molar-refractivity contribution in [2.45, 2.75) is 76.2 Å². The van der Waals surface area contributed by atoms with Crippen LogP contribution >= 0.6 is 0 Å². The van der Waals surface area contributed by atoms with Gasteiger partial charge in [-0.05, 0) is 98.6 Å². The molecule has 2 aliphatic heterocycles. The molecule has 4 bridgehead atoms. The van der Waals surface area contributed by atoms with E-state index in [1.807, 2.05) is 12.1 Å². The van der Waals surface area contributed by atoms with Crippen LogP contribution in [0.2, 0.25) is 0 Å². The predicted molar refractivity (Wildman–Crippen MR) is 152 cm³/mol. The van der Waals surface area contributed by atoms with Crippen molar-refractivity contribution in [3.05, 3.63) is 64.9 Å². The van der Waals surface area contributed by atoms with Crippen LogP contribution in [-0.4, -0.2) is 40.2 Å². The third-order valence-corrected chi connectivity index (χ3v) is 10.1. The van der Waals surface area contributed by atoms with Gasteiger partial charge >= 0.3 is 0 Å². The van der Waals surface area contributed by atoms with E-state index in [2.05, 4.69) is 22.8 Å². The van der Waals surface area contributed by atoms with Gasteiger partial charge in [-0.1, -0.05) is 12.1 Å². The second-order valence-corrected chi connectivity index (χ2v) is 13.0. The van der Waals surface area contributed by atoms with Gasteiger partial charge in [0.05, 0.1) is 29.9 Å². The van der Waals surface area contributed by atoms with Crippen LogP contribution in [0, 0.1) is 17.8 Å². The van der Waals surface area contributed by atoms with E-state index in [0.717, 1.165) is 39.2 Å². The topological polar surface area (TPSA) is 118 Å². The van der Waals surface area contributed by atoms with Crippen molar-refractivity contribution >= 4 is 40.3 Å². The Labute approximate surface area is 242 Å². The number of amides is 4. The Morgan fingerprint density at radius 1 is 0.952 bits per heavy atom. The Morgan fingerprint density at radius 2 is 1.71 bits per heavy atom. The Kier molecular flexibility index (Phi) is 5.83. The lowest BCUT2D eigenvalue weighted by Crippen LogP contribution is -2.54. The number of hydrogen-bond acceptors (Lipinski definition) is 7. The summed E-state index contributed by atoms with van der Waals surface area (Å²) in [4.78, 5) is 51.5. The van der Waals surface area contributed by atoms with Crippen molar-refractivity contribution in [3.8, 4) is 0 Å². The summed E-state index contributed by atoms with van der Waals surface area (Å²) in [5.41, 5.74) is 2.94. The lowest BCUT2D eigenvalue weighted by Gasteiger charge is -2.56. The summed E-state index contributed by atoms with van der Waals surface area (Å²) in [5.74, 6) is 1.15. The summed E-state index contributed by atoms with van der Waals surface area (Å²) < 4.78 is 12.7. The van der Waals surface area contributed by atoms with Gasteiger partial charge in [-0.25, -0.2) is 0 Å².